The first-order valence-electron chi connectivity index (χ1n) is 6.93. The van der Waals surface area contributed by atoms with Gasteiger partial charge in [-0.2, -0.15) is 0 Å². The van der Waals surface area contributed by atoms with Crippen LogP contribution in [-0.4, -0.2) is 23.9 Å². The third-order valence-electron chi connectivity index (χ3n) is 4.34. The molecule has 15 heavy (non-hydrogen) atoms. The molecule has 0 spiro atoms. The number of nitrogens with zero attached hydrogens (tertiary/aromatic N) is 1. The van der Waals surface area contributed by atoms with Crippen LogP contribution in [0.2, 0.25) is 0 Å². The van der Waals surface area contributed by atoms with E-state index in [0.29, 0.717) is 0 Å². The highest BCUT2D eigenvalue weighted by Gasteiger charge is 2.32. The largest absolute Gasteiger partial charge is 0.239 e. The van der Waals surface area contributed by atoms with E-state index in [4.69, 9.17) is 0 Å². The second kappa shape index (κ2) is 5.67. The summed E-state index contributed by atoms with van der Waals surface area (Å²) in [4.78, 5) is 0. The fraction of sp³-hybridized carbons (Fsp3) is 0.929. The molecule has 2 atom stereocenters. The molecule has 1 fully saturated rings. The van der Waals surface area contributed by atoms with E-state index >= 15 is 0 Å². The maximum absolute atomic E-state index is 2.50. The summed E-state index contributed by atoms with van der Waals surface area (Å²) in [5.41, 5.74) is 0. The van der Waals surface area contributed by atoms with Crippen molar-refractivity contribution in [2.24, 2.45) is 5.92 Å². The monoisotopic (exact) mass is 208 g/mol. The summed E-state index contributed by atoms with van der Waals surface area (Å²) in [6.07, 6.45) is 17.0. The SMILES string of the molecule is C[N+]1=CCC2CCCCCCCCCC21. The zero-order valence-electron chi connectivity index (χ0n) is 10.3. The van der Waals surface area contributed by atoms with Crippen LogP contribution in [0.4, 0.5) is 0 Å². The molecule has 0 aromatic rings. The molecule has 1 heteroatoms. The molecule has 2 rings (SSSR count). The Labute approximate surface area is 94.6 Å². The molecule has 2 unspecified atom stereocenters. The lowest BCUT2D eigenvalue weighted by Crippen LogP contribution is -2.25. The summed E-state index contributed by atoms with van der Waals surface area (Å²) in [6, 6.07) is 0.878. The van der Waals surface area contributed by atoms with Gasteiger partial charge in [0.05, 0.1) is 0 Å². The van der Waals surface area contributed by atoms with Crippen molar-refractivity contribution in [3.8, 4) is 0 Å². The highest BCUT2D eigenvalue weighted by atomic mass is 15.0. The van der Waals surface area contributed by atoms with Gasteiger partial charge in [0, 0.05) is 18.8 Å². The van der Waals surface area contributed by atoms with Gasteiger partial charge >= 0.3 is 0 Å². The van der Waals surface area contributed by atoms with Crippen molar-refractivity contribution in [2.45, 2.75) is 70.3 Å². The molecule has 2 aliphatic rings. The molecule has 0 aromatic heterocycles. The Bertz CT molecular complexity index is 219. The number of hydrogen-bond acceptors (Lipinski definition) is 0. The van der Waals surface area contributed by atoms with E-state index in [1.807, 2.05) is 0 Å². The Morgan fingerprint density at radius 1 is 0.867 bits per heavy atom. The number of rotatable bonds is 0. The number of hydrogen-bond donors (Lipinski definition) is 0. The van der Waals surface area contributed by atoms with Crippen molar-refractivity contribution in [1.29, 1.82) is 0 Å². The molecule has 1 saturated carbocycles. The van der Waals surface area contributed by atoms with E-state index in [1.165, 1.54) is 64.2 Å². The van der Waals surface area contributed by atoms with E-state index in [2.05, 4.69) is 17.8 Å². The summed E-state index contributed by atoms with van der Waals surface area (Å²) in [5.74, 6) is 0.980. The zero-order chi connectivity index (χ0) is 10.5. The highest BCUT2D eigenvalue weighted by Crippen LogP contribution is 2.28. The van der Waals surface area contributed by atoms with Gasteiger partial charge in [0.1, 0.15) is 13.3 Å². The molecule has 1 nitrogen and oxygen atoms in total. The molecule has 1 aliphatic heterocycles. The van der Waals surface area contributed by atoms with Crippen molar-refractivity contribution in [1.82, 2.24) is 0 Å². The lowest BCUT2D eigenvalue weighted by Gasteiger charge is -2.15. The maximum Gasteiger partial charge on any atom is 0.155 e. The third kappa shape index (κ3) is 3.06. The van der Waals surface area contributed by atoms with Crippen LogP contribution in [0, 0.1) is 5.92 Å². The molecule has 0 aromatic carbocycles. The van der Waals surface area contributed by atoms with Crippen molar-refractivity contribution >= 4 is 6.21 Å². The molecular weight excluding hydrogens is 182 g/mol. The number of fused-ring (bicyclic) bond motifs is 1. The van der Waals surface area contributed by atoms with E-state index in [-0.39, 0.29) is 0 Å². The summed E-state index contributed by atoms with van der Waals surface area (Å²) >= 11 is 0. The van der Waals surface area contributed by atoms with E-state index < -0.39 is 0 Å². The van der Waals surface area contributed by atoms with Gasteiger partial charge in [-0.05, 0) is 12.8 Å². The van der Waals surface area contributed by atoms with Crippen LogP contribution in [-0.2, 0) is 0 Å². The van der Waals surface area contributed by atoms with Crippen molar-refractivity contribution in [3.05, 3.63) is 0 Å². The predicted molar refractivity (Wildman–Crippen MR) is 65.7 cm³/mol. The van der Waals surface area contributed by atoms with Gasteiger partial charge in [-0.15, -0.1) is 0 Å². The van der Waals surface area contributed by atoms with E-state index in [1.54, 1.807) is 0 Å². The van der Waals surface area contributed by atoms with E-state index in [0.717, 1.165) is 12.0 Å². The minimum absolute atomic E-state index is 0.878. The second-order valence-corrected chi connectivity index (χ2v) is 5.46. The Kier molecular flexibility index (Phi) is 4.22. The first-order valence-corrected chi connectivity index (χ1v) is 6.93. The van der Waals surface area contributed by atoms with Crippen LogP contribution in [0.3, 0.4) is 0 Å². The van der Waals surface area contributed by atoms with E-state index in [9.17, 15) is 0 Å². The molecule has 0 radical (unpaired) electrons. The van der Waals surface area contributed by atoms with Crippen LogP contribution >= 0.6 is 0 Å². The van der Waals surface area contributed by atoms with Gasteiger partial charge in [0.15, 0.2) is 6.04 Å². The van der Waals surface area contributed by atoms with Crippen molar-refractivity contribution in [3.63, 3.8) is 0 Å². The smallest absolute Gasteiger partial charge is 0.155 e. The summed E-state index contributed by atoms with van der Waals surface area (Å²) in [5, 5.41) is 0. The predicted octanol–water partition coefficient (Wildman–Crippen LogP) is 3.61. The standard InChI is InChI=1S/C14H26N/c1-15-12-11-13-9-7-5-3-2-4-6-8-10-14(13)15/h12-14H,2-11H2,1H3/q+1. The third-order valence-corrected chi connectivity index (χ3v) is 4.34. The summed E-state index contributed by atoms with van der Waals surface area (Å²) in [7, 11) is 2.28. The highest BCUT2D eigenvalue weighted by molar-refractivity contribution is 5.53. The lowest BCUT2D eigenvalue weighted by atomic mass is 9.90. The fourth-order valence-electron chi connectivity index (χ4n) is 3.32. The van der Waals surface area contributed by atoms with Gasteiger partial charge in [0.2, 0.25) is 0 Å². The van der Waals surface area contributed by atoms with Gasteiger partial charge in [-0.25, -0.2) is 4.58 Å². The van der Waals surface area contributed by atoms with Crippen LogP contribution in [0.25, 0.3) is 0 Å². The molecule has 1 aliphatic carbocycles. The van der Waals surface area contributed by atoms with Crippen LogP contribution in [0.15, 0.2) is 0 Å². The summed E-state index contributed by atoms with van der Waals surface area (Å²) < 4.78 is 2.50. The van der Waals surface area contributed by atoms with Crippen molar-refractivity contribution in [2.75, 3.05) is 7.05 Å². The quantitative estimate of drug-likeness (QED) is 0.535. The molecule has 0 bridgehead atoms. The molecule has 0 amide bonds. The Morgan fingerprint density at radius 2 is 1.47 bits per heavy atom. The first-order chi connectivity index (χ1) is 7.38. The molecule has 1 heterocycles. The minimum Gasteiger partial charge on any atom is -0.239 e. The van der Waals surface area contributed by atoms with Crippen molar-refractivity contribution < 1.29 is 4.58 Å². The van der Waals surface area contributed by atoms with Crippen LogP contribution < -0.4 is 0 Å². The van der Waals surface area contributed by atoms with Crippen LogP contribution in [0.1, 0.15) is 64.2 Å². The normalized spacial score (nSPS) is 34.1. The Balaban J connectivity index is 1.89. The molecule has 0 N–H and O–H groups in total. The molecular formula is C14H26N+. The molecule has 86 valence electrons. The Morgan fingerprint density at radius 3 is 2.20 bits per heavy atom. The minimum atomic E-state index is 0.878. The van der Waals surface area contributed by atoms with Gasteiger partial charge in [0.25, 0.3) is 0 Å². The lowest BCUT2D eigenvalue weighted by molar-refractivity contribution is -0.533. The van der Waals surface area contributed by atoms with Gasteiger partial charge in [-0.1, -0.05) is 38.5 Å². The Hall–Kier alpha value is -0.330. The van der Waals surface area contributed by atoms with Gasteiger partial charge < -0.3 is 0 Å². The fourth-order valence-corrected chi connectivity index (χ4v) is 3.32. The molecule has 0 saturated heterocycles. The first kappa shape index (κ1) is 11.2. The van der Waals surface area contributed by atoms with Crippen LogP contribution in [0.5, 0.6) is 0 Å². The topological polar surface area (TPSA) is 3.01 Å². The summed E-state index contributed by atoms with van der Waals surface area (Å²) in [6.45, 7) is 0. The second-order valence-electron chi connectivity index (χ2n) is 5.46. The average molecular weight is 208 g/mol. The zero-order valence-corrected chi connectivity index (χ0v) is 10.3. The average Bonchev–Trinajstić information content (AvgIpc) is 2.56. The maximum atomic E-state index is 2.50. The van der Waals surface area contributed by atoms with Gasteiger partial charge in [-0.3, -0.25) is 0 Å².